The van der Waals surface area contributed by atoms with Gasteiger partial charge in [0.25, 0.3) is 0 Å². The van der Waals surface area contributed by atoms with Crippen LogP contribution in [0.1, 0.15) is 39.5 Å². The van der Waals surface area contributed by atoms with Crippen molar-refractivity contribution in [2.75, 3.05) is 0 Å². The molecule has 0 amide bonds. The van der Waals surface area contributed by atoms with Crippen LogP contribution in [0.4, 0.5) is 0 Å². The van der Waals surface area contributed by atoms with Gasteiger partial charge in [0.1, 0.15) is 0 Å². The zero-order valence-corrected chi connectivity index (χ0v) is 8.64. The highest BCUT2D eigenvalue weighted by molar-refractivity contribution is 5.39. The Labute approximate surface area is 81.4 Å². The maximum Gasteiger partial charge on any atom is -0.0197 e. The molecule has 0 nitrogen and oxygen atoms in total. The van der Waals surface area contributed by atoms with Gasteiger partial charge in [-0.1, -0.05) is 26.0 Å². The molecular weight excluding hydrogens is 156 g/mol. The minimum absolute atomic E-state index is 1.26. The first-order chi connectivity index (χ1) is 6.47. The van der Waals surface area contributed by atoms with E-state index in [0.29, 0.717) is 0 Å². The van der Waals surface area contributed by atoms with Gasteiger partial charge in [0.15, 0.2) is 0 Å². The highest BCUT2D eigenvalue weighted by atomic mass is 14.1. The van der Waals surface area contributed by atoms with Crippen LogP contribution in [0.2, 0.25) is 0 Å². The van der Waals surface area contributed by atoms with E-state index in [1.165, 1.54) is 36.8 Å². The van der Waals surface area contributed by atoms with Gasteiger partial charge in [0, 0.05) is 0 Å². The number of hydrogen-bond acceptors (Lipinski definition) is 0. The summed E-state index contributed by atoms with van der Waals surface area (Å²) in [7, 11) is 0. The van der Waals surface area contributed by atoms with Crippen LogP contribution < -0.4 is 0 Å². The van der Waals surface area contributed by atoms with E-state index in [0.717, 1.165) is 0 Å². The van der Waals surface area contributed by atoms with E-state index in [1.807, 2.05) is 26.0 Å². The van der Waals surface area contributed by atoms with E-state index < -0.39 is 0 Å². The number of rotatable bonds is 0. The third kappa shape index (κ3) is 2.75. The molecule has 0 N–H and O–H groups in total. The molecule has 1 saturated carbocycles. The Morgan fingerprint density at radius 1 is 0.923 bits per heavy atom. The Hall–Kier alpha value is -1.00. The fourth-order valence-electron chi connectivity index (χ4n) is 1.69. The molecule has 0 aliphatic heterocycles. The van der Waals surface area contributed by atoms with Gasteiger partial charge >= 0.3 is 0 Å². The summed E-state index contributed by atoms with van der Waals surface area (Å²) >= 11 is 0. The summed E-state index contributed by atoms with van der Waals surface area (Å²) in [6.07, 6.45) is 13.7. The fourth-order valence-corrected chi connectivity index (χ4v) is 1.69. The van der Waals surface area contributed by atoms with Crippen molar-refractivity contribution in [1.82, 2.24) is 0 Å². The van der Waals surface area contributed by atoms with Crippen molar-refractivity contribution in [3.63, 3.8) is 0 Å². The summed E-state index contributed by atoms with van der Waals surface area (Å²) in [4.78, 5) is 0. The van der Waals surface area contributed by atoms with Crippen LogP contribution in [0.25, 0.3) is 0 Å². The lowest BCUT2D eigenvalue weighted by Gasteiger charge is -2.16. The van der Waals surface area contributed by atoms with Crippen LogP contribution in [-0.4, -0.2) is 0 Å². The number of hydrogen-bond donors (Lipinski definition) is 0. The molecule has 0 spiro atoms. The van der Waals surface area contributed by atoms with Crippen LogP contribution >= 0.6 is 0 Å². The molecule has 0 radical (unpaired) electrons. The average Bonchev–Trinajstić information content (AvgIpc) is 2.45. The van der Waals surface area contributed by atoms with Gasteiger partial charge in [-0.05, 0) is 49.0 Å². The first-order valence-electron chi connectivity index (χ1n) is 5.28. The van der Waals surface area contributed by atoms with Gasteiger partial charge in [-0.25, -0.2) is 0 Å². The molecule has 0 atom stereocenters. The zero-order chi connectivity index (χ0) is 9.52. The van der Waals surface area contributed by atoms with Crippen LogP contribution in [0.3, 0.4) is 0 Å². The number of fused-ring (bicyclic) bond motifs is 1. The van der Waals surface area contributed by atoms with E-state index in [4.69, 9.17) is 0 Å². The lowest BCUT2D eigenvalue weighted by atomic mass is 9.89. The molecule has 0 aromatic carbocycles. The highest BCUT2D eigenvalue weighted by Crippen LogP contribution is 2.29. The van der Waals surface area contributed by atoms with E-state index in [9.17, 15) is 0 Å². The van der Waals surface area contributed by atoms with Gasteiger partial charge < -0.3 is 0 Å². The first-order valence-corrected chi connectivity index (χ1v) is 5.28. The Bertz CT molecular complexity index is 244. The van der Waals surface area contributed by atoms with E-state index in [-0.39, 0.29) is 0 Å². The zero-order valence-electron chi connectivity index (χ0n) is 8.64. The van der Waals surface area contributed by atoms with Crippen molar-refractivity contribution in [2.24, 2.45) is 0 Å². The van der Waals surface area contributed by atoms with Crippen LogP contribution in [0.5, 0.6) is 0 Å². The second-order valence-electron chi connectivity index (χ2n) is 3.09. The van der Waals surface area contributed by atoms with E-state index in [2.05, 4.69) is 17.9 Å². The Balaban J connectivity index is 0.000000396. The highest BCUT2D eigenvalue weighted by Gasteiger charge is 2.09. The molecule has 2 aliphatic rings. The van der Waals surface area contributed by atoms with Crippen molar-refractivity contribution in [3.8, 4) is 0 Å². The molecule has 13 heavy (non-hydrogen) atoms. The predicted molar refractivity (Wildman–Crippen MR) is 58.6 cm³/mol. The largest absolute Gasteiger partial charge is 0.121 e. The fraction of sp³-hybridized carbons (Fsp3) is 0.462. The van der Waals surface area contributed by atoms with Crippen molar-refractivity contribution >= 4 is 0 Å². The summed E-state index contributed by atoms with van der Waals surface area (Å²) in [5.41, 5.74) is 6.15. The SMILES string of the molecule is C1=CC=C2CCCCC2=CC=1.CC. The van der Waals surface area contributed by atoms with Crippen LogP contribution in [-0.2, 0) is 0 Å². The Kier molecular flexibility index (Phi) is 4.35. The molecule has 0 aromatic heterocycles. The molecule has 0 heterocycles. The van der Waals surface area contributed by atoms with Crippen LogP contribution in [0, 0.1) is 0 Å². The van der Waals surface area contributed by atoms with Gasteiger partial charge in [-0.15, -0.1) is 5.73 Å². The van der Waals surface area contributed by atoms with Crippen molar-refractivity contribution < 1.29 is 0 Å². The summed E-state index contributed by atoms with van der Waals surface area (Å²) in [5.74, 6) is 0. The summed E-state index contributed by atoms with van der Waals surface area (Å²) in [6, 6.07) is 0. The Morgan fingerprint density at radius 3 is 1.85 bits per heavy atom. The van der Waals surface area contributed by atoms with E-state index in [1.54, 1.807) is 0 Å². The van der Waals surface area contributed by atoms with Crippen molar-refractivity contribution in [3.05, 3.63) is 41.2 Å². The standard InChI is InChI=1S/C11H12.C2H6/c1-2-6-10-8-4-5-9-11(10)7-3-1;1-2/h2-3,6-7H,4-5,8-9H2;1-2H3. The van der Waals surface area contributed by atoms with Crippen molar-refractivity contribution in [2.45, 2.75) is 39.5 Å². The predicted octanol–water partition coefficient (Wildman–Crippen LogP) is 4.16. The normalized spacial score (nSPS) is 18.9. The van der Waals surface area contributed by atoms with Crippen LogP contribution in [0.15, 0.2) is 41.2 Å². The molecule has 0 saturated heterocycles. The topological polar surface area (TPSA) is 0 Å². The minimum atomic E-state index is 1.26. The van der Waals surface area contributed by atoms with Crippen molar-refractivity contribution in [1.29, 1.82) is 0 Å². The third-order valence-electron chi connectivity index (χ3n) is 2.32. The lowest BCUT2D eigenvalue weighted by Crippen LogP contribution is -1.97. The molecule has 2 rings (SSSR count). The maximum absolute atomic E-state index is 3.10. The smallest absolute Gasteiger partial charge is 0.0197 e. The number of allylic oxidation sites excluding steroid dienone is 5. The second-order valence-corrected chi connectivity index (χ2v) is 3.09. The molecular formula is C13H18. The minimum Gasteiger partial charge on any atom is -0.121 e. The molecule has 0 bridgehead atoms. The summed E-state index contributed by atoms with van der Waals surface area (Å²) in [6.45, 7) is 4.00. The Morgan fingerprint density at radius 2 is 1.38 bits per heavy atom. The molecule has 2 aliphatic carbocycles. The maximum atomic E-state index is 3.10. The van der Waals surface area contributed by atoms with Gasteiger partial charge in [0.2, 0.25) is 0 Å². The van der Waals surface area contributed by atoms with Gasteiger partial charge in [0.05, 0.1) is 0 Å². The third-order valence-corrected chi connectivity index (χ3v) is 2.32. The quantitative estimate of drug-likeness (QED) is 0.484. The molecule has 1 fully saturated rings. The molecule has 70 valence electrons. The monoisotopic (exact) mass is 174 g/mol. The second kappa shape index (κ2) is 5.61. The van der Waals surface area contributed by atoms with Gasteiger partial charge in [-0.2, -0.15) is 0 Å². The molecule has 0 unspecified atom stereocenters. The van der Waals surface area contributed by atoms with E-state index >= 15 is 0 Å². The summed E-state index contributed by atoms with van der Waals surface area (Å²) < 4.78 is 0. The first kappa shape index (κ1) is 10.1. The average molecular weight is 174 g/mol. The molecule has 0 aromatic rings. The lowest BCUT2D eigenvalue weighted by molar-refractivity contribution is 0.679. The molecule has 0 heteroatoms. The summed E-state index contributed by atoms with van der Waals surface area (Å²) in [5, 5.41) is 0. The van der Waals surface area contributed by atoms with Gasteiger partial charge in [-0.3, -0.25) is 0 Å².